The standard InChI is InChI=1S/C13H23N5/c1-10-16-12(15-8-4-7-14)9-13(17-10)18-11-5-2-3-6-11/h9,11H,2-8,14H2,1H3,(H2,15,16,17,18). The Morgan fingerprint density at radius 1 is 1.28 bits per heavy atom. The summed E-state index contributed by atoms with van der Waals surface area (Å²) in [7, 11) is 0. The third kappa shape index (κ3) is 3.84. The smallest absolute Gasteiger partial charge is 0.132 e. The zero-order chi connectivity index (χ0) is 12.8. The van der Waals surface area contributed by atoms with E-state index in [1.807, 2.05) is 13.0 Å². The summed E-state index contributed by atoms with van der Waals surface area (Å²) in [5.74, 6) is 2.62. The van der Waals surface area contributed by atoms with Gasteiger partial charge in [0.1, 0.15) is 17.5 Å². The van der Waals surface area contributed by atoms with E-state index >= 15 is 0 Å². The number of hydrogen-bond acceptors (Lipinski definition) is 5. The third-order valence-corrected chi connectivity index (χ3v) is 3.23. The molecule has 1 saturated carbocycles. The summed E-state index contributed by atoms with van der Waals surface area (Å²) >= 11 is 0. The van der Waals surface area contributed by atoms with E-state index in [1.54, 1.807) is 0 Å². The molecule has 0 bridgehead atoms. The van der Waals surface area contributed by atoms with E-state index < -0.39 is 0 Å². The Morgan fingerprint density at radius 3 is 2.72 bits per heavy atom. The van der Waals surface area contributed by atoms with Gasteiger partial charge in [0, 0.05) is 18.7 Å². The van der Waals surface area contributed by atoms with Crippen molar-refractivity contribution < 1.29 is 0 Å². The van der Waals surface area contributed by atoms with Crippen LogP contribution in [0.1, 0.15) is 37.9 Å². The summed E-state index contributed by atoms with van der Waals surface area (Å²) in [5, 5.41) is 6.78. The molecule has 0 amide bonds. The van der Waals surface area contributed by atoms with Crippen LogP contribution in [0.2, 0.25) is 0 Å². The molecule has 1 aromatic rings. The molecule has 0 spiro atoms. The Balaban J connectivity index is 1.96. The van der Waals surface area contributed by atoms with E-state index in [4.69, 9.17) is 5.73 Å². The molecule has 5 heteroatoms. The third-order valence-electron chi connectivity index (χ3n) is 3.23. The monoisotopic (exact) mass is 249 g/mol. The van der Waals surface area contributed by atoms with E-state index in [2.05, 4.69) is 20.6 Å². The SMILES string of the molecule is Cc1nc(NCCCN)cc(NC2CCCC2)n1. The molecule has 0 saturated heterocycles. The maximum atomic E-state index is 5.48. The summed E-state index contributed by atoms with van der Waals surface area (Å²) in [6.07, 6.45) is 6.10. The molecule has 1 fully saturated rings. The van der Waals surface area contributed by atoms with Gasteiger partial charge in [0.25, 0.3) is 0 Å². The van der Waals surface area contributed by atoms with Crippen molar-refractivity contribution in [3.8, 4) is 0 Å². The fraction of sp³-hybridized carbons (Fsp3) is 0.692. The van der Waals surface area contributed by atoms with Gasteiger partial charge in [-0.25, -0.2) is 9.97 Å². The summed E-state index contributed by atoms with van der Waals surface area (Å²) in [5.41, 5.74) is 5.48. The van der Waals surface area contributed by atoms with E-state index in [9.17, 15) is 0 Å². The number of rotatable bonds is 6. The molecule has 1 aliphatic carbocycles. The minimum atomic E-state index is 0.580. The fourth-order valence-corrected chi connectivity index (χ4v) is 2.33. The Hall–Kier alpha value is -1.36. The van der Waals surface area contributed by atoms with Crippen molar-refractivity contribution in [1.29, 1.82) is 0 Å². The van der Waals surface area contributed by atoms with Gasteiger partial charge in [-0.05, 0) is 32.7 Å². The molecule has 0 radical (unpaired) electrons. The van der Waals surface area contributed by atoms with Crippen LogP contribution >= 0.6 is 0 Å². The Labute approximate surface area is 109 Å². The van der Waals surface area contributed by atoms with Crippen LogP contribution in [0, 0.1) is 6.92 Å². The van der Waals surface area contributed by atoms with Crippen LogP contribution in [0.4, 0.5) is 11.6 Å². The lowest BCUT2D eigenvalue weighted by Gasteiger charge is -2.14. The maximum absolute atomic E-state index is 5.48. The summed E-state index contributed by atoms with van der Waals surface area (Å²) < 4.78 is 0. The van der Waals surface area contributed by atoms with Crippen LogP contribution in [0.25, 0.3) is 0 Å². The van der Waals surface area contributed by atoms with Crippen LogP contribution in [0.15, 0.2) is 6.07 Å². The number of aryl methyl sites for hydroxylation is 1. The second kappa shape index (κ2) is 6.54. The molecule has 5 nitrogen and oxygen atoms in total. The summed E-state index contributed by atoms with van der Waals surface area (Å²) in [6, 6.07) is 2.57. The molecule has 100 valence electrons. The van der Waals surface area contributed by atoms with Crippen LogP contribution < -0.4 is 16.4 Å². The highest BCUT2D eigenvalue weighted by molar-refractivity contribution is 5.48. The molecule has 1 aromatic heterocycles. The number of anilines is 2. The van der Waals surface area contributed by atoms with Crippen molar-refractivity contribution in [2.24, 2.45) is 5.73 Å². The van der Waals surface area contributed by atoms with Crippen LogP contribution in [-0.4, -0.2) is 29.1 Å². The highest BCUT2D eigenvalue weighted by atomic mass is 15.1. The summed E-state index contributed by atoms with van der Waals surface area (Å²) in [4.78, 5) is 8.82. The van der Waals surface area contributed by atoms with Crippen molar-refractivity contribution >= 4 is 11.6 Å². The average molecular weight is 249 g/mol. The van der Waals surface area contributed by atoms with E-state index in [-0.39, 0.29) is 0 Å². The van der Waals surface area contributed by atoms with Crippen LogP contribution in [-0.2, 0) is 0 Å². The van der Waals surface area contributed by atoms with Crippen molar-refractivity contribution in [1.82, 2.24) is 9.97 Å². The topological polar surface area (TPSA) is 75.9 Å². The lowest BCUT2D eigenvalue weighted by Crippen LogP contribution is -2.17. The second-order valence-electron chi connectivity index (χ2n) is 4.88. The quantitative estimate of drug-likeness (QED) is 0.671. The number of aromatic nitrogens is 2. The van der Waals surface area contributed by atoms with Crippen LogP contribution in [0.3, 0.4) is 0 Å². The molecule has 0 unspecified atom stereocenters. The molecule has 1 aliphatic rings. The number of nitrogens with one attached hydrogen (secondary N) is 2. The molecular formula is C13H23N5. The number of nitrogens with two attached hydrogens (primary N) is 1. The normalized spacial score (nSPS) is 15.9. The van der Waals surface area contributed by atoms with Gasteiger partial charge in [0.15, 0.2) is 0 Å². The summed E-state index contributed by atoms with van der Waals surface area (Å²) in [6.45, 7) is 3.48. The Morgan fingerprint density at radius 2 is 2.00 bits per heavy atom. The van der Waals surface area contributed by atoms with Gasteiger partial charge in [-0.2, -0.15) is 0 Å². The van der Waals surface area contributed by atoms with E-state index in [1.165, 1.54) is 25.7 Å². The molecule has 18 heavy (non-hydrogen) atoms. The largest absolute Gasteiger partial charge is 0.370 e. The van der Waals surface area contributed by atoms with Gasteiger partial charge in [0.05, 0.1) is 0 Å². The highest BCUT2D eigenvalue weighted by Crippen LogP contribution is 2.22. The van der Waals surface area contributed by atoms with Gasteiger partial charge in [0.2, 0.25) is 0 Å². The molecule has 1 heterocycles. The zero-order valence-corrected chi connectivity index (χ0v) is 11.1. The minimum absolute atomic E-state index is 0.580. The lowest BCUT2D eigenvalue weighted by molar-refractivity contribution is 0.748. The van der Waals surface area contributed by atoms with Crippen molar-refractivity contribution in [3.05, 3.63) is 11.9 Å². The number of hydrogen-bond donors (Lipinski definition) is 3. The molecule has 2 rings (SSSR count). The molecular weight excluding hydrogens is 226 g/mol. The zero-order valence-electron chi connectivity index (χ0n) is 11.1. The van der Waals surface area contributed by atoms with Gasteiger partial charge in [-0.3, -0.25) is 0 Å². The molecule has 0 aliphatic heterocycles. The first-order valence-corrected chi connectivity index (χ1v) is 6.84. The molecule has 0 atom stereocenters. The first kappa shape index (κ1) is 13.1. The first-order valence-electron chi connectivity index (χ1n) is 6.84. The Kier molecular flexibility index (Phi) is 4.75. The van der Waals surface area contributed by atoms with Crippen molar-refractivity contribution in [2.75, 3.05) is 23.7 Å². The van der Waals surface area contributed by atoms with Crippen molar-refractivity contribution in [2.45, 2.75) is 45.1 Å². The van der Waals surface area contributed by atoms with Gasteiger partial charge in [-0.1, -0.05) is 12.8 Å². The van der Waals surface area contributed by atoms with E-state index in [0.717, 1.165) is 30.4 Å². The predicted octanol–water partition coefficient (Wildman–Crippen LogP) is 1.90. The lowest BCUT2D eigenvalue weighted by atomic mass is 10.2. The Bertz CT molecular complexity index is 374. The minimum Gasteiger partial charge on any atom is -0.370 e. The van der Waals surface area contributed by atoms with Gasteiger partial charge in [-0.15, -0.1) is 0 Å². The van der Waals surface area contributed by atoms with Crippen LogP contribution in [0.5, 0.6) is 0 Å². The second-order valence-corrected chi connectivity index (χ2v) is 4.88. The number of nitrogens with zero attached hydrogens (tertiary/aromatic N) is 2. The maximum Gasteiger partial charge on any atom is 0.132 e. The predicted molar refractivity (Wildman–Crippen MR) is 74.8 cm³/mol. The van der Waals surface area contributed by atoms with Gasteiger partial charge >= 0.3 is 0 Å². The highest BCUT2D eigenvalue weighted by Gasteiger charge is 2.15. The molecule has 0 aromatic carbocycles. The van der Waals surface area contributed by atoms with Gasteiger partial charge < -0.3 is 16.4 Å². The first-order chi connectivity index (χ1) is 8.78. The van der Waals surface area contributed by atoms with Crippen molar-refractivity contribution in [3.63, 3.8) is 0 Å². The van der Waals surface area contributed by atoms with E-state index in [0.29, 0.717) is 12.6 Å². The average Bonchev–Trinajstić information content (AvgIpc) is 2.81. The fourth-order valence-electron chi connectivity index (χ4n) is 2.33. The molecule has 4 N–H and O–H groups in total.